The maximum absolute atomic E-state index is 12.7. The number of hydrogen-bond acceptors (Lipinski definition) is 6. The van der Waals surface area contributed by atoms with Gasteiger partial charge < -0.3 is 10.6 Å². The van der Waals surface area contributed by atoms with Crippen LogP contribution in [0.4, 0.5) is 11.4 Å². The molecule has 4 N–H and O–H groups in total. The van der Waals surface area contributed by atoms with E-state index in [1.807, 2.05) is 0 Å². The second kappa shape index (κ2) is 9.86. The Balaban J connectivity index is 2.18. The predicted octanol–water partition coefficient (Wildman–Crippen LogP) is 2.43. The first-order chi connectivity index (χ1) is 14.4. The van der Waals surface area contributed by atoms with E-state index in [1.165, 1.54) is 18.2 Å². The predicted molar refractivity (Wildman–Crippen MR) is 116 cm³/mol. The summed E-state index contributed by atoms with van der Waals surface area (Å²) in [4.78, 5) is 35.6. The number of nitro benzene ring substituents is 1. The molecule has 2 aromatic rings. The van der Waals surface area contributed by atoms with Gasteiger partial charge in [0.1, 0.15) is 11.1 Å². The lowest BCUT2D eigenvalue weighted by molar-refractivity contribution is -0.384. The van der Waals surface area contributed by atoms with Gasteiger partial charge in [0.05, 0.1) is 10.7 Å². The molecule has 0 aliphatic heterocycles. The molecule has 1 atom stereocenters. The number of halogens is 1. The minimum absolute atomic E-state index is 0.0234. The molecule has 0 saturated heterocycles. The average molecular weight is 469 g/mol. The Hall–Kier alpha value is -3.02. The fourth-order valence-corrected chi connectivity index (χ4v) is 3.58. The van der Waals surface area contributed by atoms with Gasteiger partial charge in [-0.1, -0.05) is 37.6 Å². The minimum atomic E-state index is -3.74. The molecule has 12 heteroatoms. The molecule has 0 radical (unpaired) electrons. The molecule has 2 aromatic carbocycles. The first kappa shape index (κ1) is 24.3. The lowest BCUT2D eigenvalue weighted by atomic mass is 10.0. The van der Waals surface area contributed by atoms with Crippen LogP contribution in [0, 0.1) is 16.0 Å². The number of nitro groups is 1. The van der Waals surface area contributed by atoms with Crippen molar-refractivity contribution in [2.75, 3.05) is 5.32 Å². The van der Waals surface area contributed by atoms with Crippen molar-refractivity contribution in [2.45, 2.75) is 25.6 Å². The molecule has 0 heterocycles. The van der Waals surface area contributed by atoms with Crippen LogP contribution in [-0.2, 0) is 20.6 Å². The number of nitrogens with zero attached hydrogens (tertiary/aromatic N) is 1. The molecule has 0 spiro atoms. The Kier molecular flexibility index (Phi) is 7.71. The molecule has 10 nitrogen and oxygen atoms in total. The van der Waals surface area contributed by atoms with Gasteiger partial charge in [-0.3, -0.25) is 19.7 Å². The number of benzene rings is 2. The van der Waals surface area contributed by atoms with Crippen molar-refractivity contribution in [1.29, 1.82) is 0 Å². The molecule has 0 bridgehead atoms. The lowest BCUT2D eigenvalue weighted by Gasteiger charge is -2.22. The lowest BCUT2D eigenvalue weighted by Crippen LogP contribution is -2.47. The Morgan fingerprint density at radius 2 is 1.87 bits per heavy atom. The highest BCUT2D eigenvalue weighted by molar-refractivity contribution is 7.88. The Bertz CT molecular complexity index is 1120. The van der Waals surface area contributed by atoms with Crippen LogP contribution in [0.5, 0.6) is 0 Å². The van der Waals surface area contributed by atoms with E-state index >= 15 is 0 Å². The van der Waals surface area contributed by atoms with Gasteiger partial charge in [0.15, 0.2) is 0 Å². The van der Waals surface area contributed by atoms with E-state index in [9.17, 15) is 28.1 Å². The number of carbonyl (C=O) groups is 2. The summed E-state index contributed by atoms with van der Waals surface area (Å²) in [6.07, 6.45) is 0. The highest BCUT2D eigenvalue weighted by atomic mass is 35.5. The first-order valence-corrected chi connectivity index (χ1v) is 11.1. The van der Waals surface area contributed by atoms with E-state index in [4.69, 9.17) is 16.7 Å². The summed E-state index contributed by atoms with van der Waals surface area (Å²) < 4.78 is 22.5. The quantitative estimate of drug-likeness (QED) is 0.398. The van der Waals surface area contributed by atoms with Crippen molar-refractivity contribution in [2.24, 2.45) is 11.1 Å². The number of sulfonamides is 1. The fourth-order valence-electron chi connectivity index (χ4n) is 2.74. The molecule has 166 valence electrons. The molecular weight excluding hydrogens is 448 g/mol. The van der Waals surface area contributed by atoms with Crippen LogP contribution in [0.15, 0.2) is 42.5 Å². The molecule has 0 aliphatic carbocycles. The number of nitrogens with two attached hydrogens (primary N) is 1. The highest BCUT2D eigenvalue weighted by Gasteiger charge is 2.26. The van der Waals surface area contributed by atoms with Crippen LogP contribution < -0.4 is 15.8 Å². The largest absolute Gasteiger partial charge is 0.340 e. The second-order valence-electron chi connectivity index (χ2n) is 7.12. The second-order valence-corrected chi connectivity index (χ2v) is 9.14. The number of hydrogen-bond donors (Lipinski definition) is 3. The van der Waals surface area contributed by atoms with Crippen LogP contribution in [-0.4, -0.2) is 31.2 Å². The van der Waals surface area contributed by atoms with E-state index < -0.39 is 44.2 Å². The number of primary sulfonamides is 1. The topological polar surface area (TPSA) is 162 Å². The summed E-state index contributed by atoms with van der Waals surface area (Å²) in [6.45, 7) is 3.43. The van der Waals surface area contributed by atoms with Crippen molar-refractivity contribution < 1.29 is 22.9 Å². The van der Waals surface area contributed by atoms with Gasteiger partial charge in [0.2, 0.25) is 15.9 Å². The van der Waals surface area contributed by atoms with Gasteiger partial charge in [-0.15, -0.1) is 0 Å². The number of nitrogens with one attached hydrogen (secondary N) is 2. The zero-order valence-electron chi connectivity index (χ0n) is 16.7. The molecule has 2 amide bonds. The van der Waals surface area contributed by atoms with Gasteiger partial charge in [-0.05, 0) is 35.7 Å². The van der Waals surface area contributed by atoms with Crippen LogP contribution in [0.3, 0.4) is 0 Å². The Morgan fingerprint density at radius 3 is 2.45 bits per heavy atom. The molecule has 2 rings (SSSR count). The number of anilines is 1. The Labute approximate surface area is 184 Å². The van der Waals surface area contributed by atoms with E-state index in [0.29, 0.717) is 11.3 Å². The van der Waals surface area contributed by atoms with Crippen LogP contribution in [0.1, 0.15) is 29.8 Å². The van der Waals surface area contributed by atoms with Gasteiger partial charge in [-0.2, -0.15) is 0 Å². The third kappa shape index (κ3) is 7.02. The van der Waals surface area contributed by atoms with Gasteiger partial charge >= 0.3 is 0 Å². The van der Waals surface area contributed by atoms with Crippen molar-refractivity contribution in [3.63, 3.8) is 0 Å². The molecule has 1 unspecified atom stereocenters. The summed E-state index contributed by atoms with van der Waals surface area (Å²) in [5, 5.41) is 21.1. The maximum atomic E-state index is 12.7. The maximum Gasteiger partial charge on any atom is 0.288 e. The van der Waals surface area contributed by atoms with Crippen LogP contribution in [0.25, 0.3) is 0 Å². The third-order valence-electron chi connectivity index (χ3n) is 4.20. The van der Waals surface area contributed by atoms with Crippen LogP contribution >= 0.6 is 11.6 Å². The average Bonchev–Trinajstić information content (AvgIpc) is 2.64. The molecule has 0 saturated carbocycles. The van der Waals surface area contributed by atoms with Gasteiger partial charge in [-0.25, -0.2) is 13.6 Å². The van der Waals surface area contributed by atoms with E-state index in [1.54, 1.807) is 32.0 Å². The fraction of sp³-hybridized carbons (Fsp3) is 0.263. The number of carbonyl (C=O) groups excluding carboxylic acids is 2. The standard InChI is InChI=1S/C19H21ClN4O6S/c1-11(2)17(23-18(25)13-6-7-15(20)16(9-13)24(27)28)19(26)22-14-5-3-4-12(8-14)10-31(21,29)30/h3-9,11,17H,10H2,1-2H3,(H,22,26)(H,23,25)(H2,21,29,30). The molecule has 0 aliphatic rings. The number of amides is 2. The van der Waals surface area contributed by atoms with Gasteiger partial charge in [0.25, 0.3) is 11.6 Å². The normalized spacial score (nSPS) is 12.3. The van der Waals surface area contributed by atoms with Crippen molar-refractivity contribution in [3.8, 4) is 0 Å². The third-order valence-corrected chi connectivity index (χ3v) is 5.26. The number of rotatable bonds is 8. The van der Waals surface area contributed by atoms with Crippen molar-refractivity contribution in [1.82, 2.24) is 5.32 Å². The Morgan fingerprint density at radius 1 is 1.19 bits per heavy atom. The summed E-state index contributed by atoms with van der Waals surface area (Å²) >= 11 is 5.76. The molecule has 0 fully saturated rings. The molecule has 31 heavy (non-hydrogen) atoms. The highest BCUT2D eigenvalue weighted by Crippen LogP contribution is 2.25. The SMILES string of the molecule is CC(C)C(NC(=O)c1ccc(Cl)c([N+](=O)[O-])c1)C(=O)Nc1cccc(CS(N)(=O)=O)c1. The first-order valence-electron chi connectivity index (χ1n) is 9.02. The monoisotopic (exact) mass is 468 g/mol. The van der Waals surface area contributed by atoms with Crippen molar-refractivity contribution >= 4 is 44.8 Å². The zero-order valence-corrected chi connectivity index (χ0v) is 18.2. The smallest absolute Gasteiger partial charge is 0.288 e. The summed E-state index contributed by atoms with van der Waals surface area (Å²) in [5.41, 5.74) is 0.267. The van der Waals surface area contributed by atoms with E-state index in [2.05, 4.69) is 10.6 Å². The van der Waals surface area contributed by atoms with Gasteiger partial charge in [0, 0.05) is 17.3 Å². The van der Waals surface area contributed by atoms with E-state index in [0.717, 1.165) is 6.07 Å². The van der Waals surface area contributed by atoms with Crippen LogP contribution in [0.2, 0.25) is 5.02 Å². The molecule has 0 aromatic heterocycles. The summed E-state index contributed by atoms with van der Waals surface area (Å²) in [6, 6.07) is 8.75. The summed E-state index contributed by atoms with van der Waals surface area (Å²) in [7, 11) is -3.74. The van der Waals surface area contributed by atoms with Crippen molar-refractivity contribution in [3.05, 3.63) is 68.7 Å². The summed E-state index contributed by atoms with van der Waals surface area (Å²) in [5.74, 6) is -1.94. The zero-order chi connectivity index (χ0) is 23.3. The minimum Gasteiger partial charge on any atom is -0.340 e. The van der Waals surface area contributed by atoms with E-state index in [-0.39, 0.29) is 16.5 Å². The molecular formula is C19H21ClN4O6S.